The Kier molecular flexibility index (Phi) is 2.99. The van der Waals surface area contributed by atoms with Crippen LogP contribution in [-0.4, -0.2) is 26.1 Å². The number of amides is 1. The van der Waals surface area contributed by atoms with E-state index >= 15 is 0 Å². The van der Waals surface area contributed by atoms with Gasteiger partial charge in [0, 0.05) is 0 Å². The zero-order chi connectivity index (χ0) is 12.3. The fourth-order valence-electron chi connectivity index (χ4n) is 1.38. The number of aromatic amines is 1. The first-order chi connectivity index (χ1) is 8.22. The maximum Gasteiger partial charge on any atom is 0.278 e. The monoisotopic (exact) mass is 232 g/mol. The fraction of sp³-hybridized carbons (Fsp3) is 0.200. The lowest BCUT2D eigenvalue weighted by atomic mass is 10.2. The molecule has 2 aromatic heterocycles. The zero-order valence-electron chi connectivity index (χ0n) is 9.27. The minimum Gasteiger partial charge on any atom is -0.395 e. The summed E-state index contributed by atoms with van der Waals surface area (Å²) < 4.78 is 0. The van der Waals surface area contributed by atoms with Gasteiger partial charge in [-0.3, -0.25) is 9.89 Å². The first-order valence-corrected chi connectivity index (χ1v) is 5.11. The fourth-order valence-corrected chi connectivity index (χ4v) is 1.38. The van der Waals surface area contributed by atoms with Gasteiger partial charge >= 0.3 is 0 Å². The highest BCUT2D eigenvalue weighted by Crippen LogP contribution is 2.15. The summed E-state index contributed by atoms with van der Waals surface area (Å²) in [4.78, 5) is 19.4. The molecule has 0 aliphatic heterocycles. The molecule has 0 saturated carbocycles. The van der Waals surface area contributed by atoms with E-state index in [0.717, 1.165) is 5.69 Å². The number of rotatable bonds is 3. The molecule has 0 aliphatic carbocycles. The molecule has 0 unspecified atom stereocenters. The molecule has 7 heteroatoms. The second-order valence-electron chi connectivity index (χ2n) is 3.40. The van der Waals surface area contributed by atoms with Crippen molar-refractivity contribution in [1.29, 1.82) is 0 Å². The number of nitrogens with one attached hydrogen (secondary N) is 2. The van der Waals surface area contributed by atoms with Crippen LogP contribution in [0.4, 0.5) is 11.4 Å². The van der Waals surface area contributed by atoms with Gasteiger partial charge in [0.2, 0.25) is 0 Å². The topological polar surface area (TPSA) is 110 Å². The second kappa shape index (κ2) is 4.60. The van der Waals surface area contributed by atoms with Crippen molar-refractivity contribution >= 4 is 17.3 Å². The zero-order valence-corrected chi connectivity index (χ0v) is 9.27. The van der Waals surface area contributed by atoms with Gasteiger partial charge in [0.05, 0.1) is 29.5 Å². The van der Waals surface area contributed by atoms with Gasteiger partial charge in [-0.25, -0.2) is 9.97 Å². The molecule has 0 spiro atoms. The first-order valence-electron chi connectivity index (χ1n) is 5.11. The van der Waals surface area contributed by atoms with Crippen molar-refractivity contribution in [3.63, 3.8) is 0 Å². The molecule has 0 aromatic carbocycles. The average molecular weight is 232 g/mol. The van der Waals surface area contributed by atoms with E-state index in [2.05, 4.69) is 25.5 Å². The summed E-state index contributed by atoms with van der Waals surface area (Å²) >= 11 is 0. The molecule has 17 heavy (non-hydrogen) atoms. The van der Waals surface area contributed by atoms with Gasteiger partial charge in [-0.05, 0) is 6.42 Å². The minimum atomic E-state index is -0.381. The van der Waals surface area contributed by atoms with Crippen LogP contribution in [0.1, 0.15) is 23.1 Å². The molecule has 0 radical (unpaired) electrons. The Morgan fingerprint density at radius 2 is 2.18 bits per heavy atom. The standard InChI is InChI=1S/C10H12N6O/c1-2-7-8(11)9(16-15-7)10(17)14-6-3-12-5-13-4-6/h3-5H,2,11H2,1H3,(H,14,17)(H,15,16). The van der Waals surface area contributed by atoms with Crippen molar-refractivity contribution in [3.8, 4) is 0 Å². The van der Waals surface area contributed by atoms with Gasteiger partial charge in [-0.1, -0.05) is 6.92 Å². The van der Waals surface area contributed by atoms with Crippen LogP contribution in [0.3, 0.4) is 0 Å². The Hall–Kier alpha value is -2.44. The van der Waals surface area contributed by atoms with Crippen LogP contribution in [0.15, 0.2) is 18.7 Å². The Morgan fingerprint density at radius 3 is 2.76 bits per heavy atom. The highest BCUT2D eigenvalue weighted by Gasteiger charge is 2.16. The molecule has 1 amide bonds. The van der Waals surface area contributed by atoms with Gasteiger partial charge in [0.25, 0.3) is 5.91 Å². The number of aromatic nitrogens is 4. The highest BCUT2D eigenvalue weighted by atomic mass is 16.2. The van der Waals surface area contributed by atoms with Gasteiger partial charge in [-0.15, -0.1) is 0 Å². The molecule has 2 aromatic rings. The van der Waals surface area contributed by atoms with Crippen molar-refractivity contribution < 1.29 is 4.79 Å². The van der Waals surface area contributed by atoms with Crippen LogP contribution in [0, 0.1) is 0 Å². The van der Waals surface area contributed by atoms with E-state index in [1.807, 2.05) is 6.92 Å². The number of carbonyl (C=O) groups is 1. The van der Waals surface area contributed by atoms with E-state index in [9.17, 15) is 4.79 Å². The van der Waals surface area contributed by atoms with Gasteiger partial charge < -0.3 is 11.1 Å². The van der Waals surface area contributed by atoms with Crippen molar-refractivity contribution in [2.75, 3.05) is 11.1 Å². The van der Waals surface area contributed by atoms with E-state index < -0.39 is 0 Å². The van der Waals surface area contributed by atoms with Gasteiger partial charge in [0.1, 0.15) is 6.33 Å². The maximum atomic E-state index is 11.8. The Morgan fingerprint density at radius 1 is 1.47 bits per heavy atom. The lowest BCUT2D eigenvalue weighted by Gasteiger charge is -2.02. The van der Waals surface area contributed by atoms with Crippen molar-refractivity contribution in [1.82, 2.24) is 20.2 Å². The molecule has 0 atom stereocenters. The Bertz CT molecular complexity index is 521. The summed E-state index contributed by atoms with van der Waals surface area (Å²) in [5.74, 6) is -0.381. The van der Waals surface area contributed by atoms with Crippen molar-refractivity contribution in [2.24, 2.45) is 0 Å². The summed E-state index contributed by atoms with van der Waals surface area (Å²) in [6.07, 6.45) is 5.07. The van der Waals surface area contributed by atoms with E-state index in [1.54, 1.807) is 0 Å². The van der Waals surface area contributed by atoms with E-state index in [1.165, 1.54) is 18.7 Å². The summed E-state index contributed by atoms with van der Waals surface area (Å²) in [5, 5.41) is 9.21. The molecular weight excluding hydrogens is 220 g/mol. The quantitative estimate of drug-likeness (QED) is 0.717. The van der Waals surface area contributed by atoms with Crippen LogP contribution in [-0.2, 0) is 6.42 Å². The number of hydrogen-bond acceptors (Lipinski definition) is 5. The molecule has 2 heterocycles. The maximum absolute atomic E-state index is 11.8. The third-order valence-electron chi connectivity index (χ3n) is 2.27. The summed E-state index contributed by atoms with van der Waals surface area (Å²) in [6, 6.07) is 0. The molecule has 0 bridgehead atoms. The Labute approximate surface area is 97.5 Å². The number of hydrogen-bond donors (Lipinski definition) is 3. The second-order valence-corrected chi connectivity index (χ2v) is 3.40. The molecular formula is C10H12N6O. The smallest absolute Gasteiger partial charge is 0.278 e. The van der Waals surface area contributed by atoms with Crippen molar-refractivity contribution in [3.05, 3.63) is 30.1 Å². The number of anilines is 2. The van der Waals surface area contributed by atoms with Crippen LogP contribution in [0.5, 0.6) is 0 Å². The number of aryl methyl sites for hydroxylation is 1. The van der Waals surface area contributed by atoms with Crippen LogP contribution >= 0.6 is 0 Å². The molecule has 0 fully saturated rings. The average Bonchev–Trinajstić information content (AvgIpc) is 2.71. The van der Waals surface area contributed by atoms with Gasteiger partial charge in [0.15, 0.2) is 5.69 Å². The lowest BCUT2D eigenvalue weighted by Crippen LogP contribution is -2.14. The highest BCUT2D eigenvalue weighted by molar-refractivity contribution is 6.06. The number of H-pyrrole nitrogens is 1. The van der Waals surface area contributed by atoms with E-state index in [-0.39, 0.29) is 11.6 Å². The molecule has 4 N–H and O–H groups in total. The van der Waals surface area contributed by atoms with Gasteiger partial charge in [-0.2, -0.15) is 5.10 Å². The summed E-state index contributed by atoms with van der Waals surface area (Å²) in [7, 11) is 0. The first kappa shape index (κ1) is 11.1. The number of nitrogen functional groups attached to an aromatic ring is 1. The molecule has 0 saturated heterocycles. The molecule has 2 rings (SSSR count). The molecule has 7 nitrogen and oxygen atoms in total. The number of nitrogens with zero attached hydrogens (tertiary/aromatic N) is 3. The number of nitrogens with two attached hydrogens (primary N) is 1. The van der Waals surface area contributed by atoms with Crippen LogP contribution in [0.25, 0.3) is 0 Å². The van der Waals surface area contributed by atoms with Crippen LogP contribution < -0.4 is 11.1 Å². The molecule has 88 valence electrons. The normalized spacial score (nSPS) is 10.2. The van der Waals surface area contributed by atoms with Crippen molar-refractivity contribution in [2.45, 2.75) is 13.3 Å². The minimum absolute atomic E-state index is 0.186. The third-order valence-corrected chi connectivity index (χ3v) is 2.27. The van der Waals surface area contributed by atoms with Crippen LogP contribution in [0.2, 0.25) is 0 Å². The predicted octanol–water partition coefficient (Wildman–Crippen LogP) is 0.597. The van der Waals surface area contributed by atoms with E-state index in [0.29, 0.717) is 17.8 Å². The SMILES string of the molecule is CCc1[nH]nc(C(=O)Nc2cncnc2)c1N. The summed E-state index contributed by atoms with van der Waals surface area (Å²) in [6.45, 7) is 1.93. The predicted molar refractivity (Wildman–Crippen MR) is 62.4 cm³/mol. The Balaban J connectivity index is 2.18. The number of carbonyl (C=O) groups excluding carboxylic acids is 1. The third kappa shape index (κ3) is 2.22. The van der Waals surface area contributed by atoms with E-state index in [4.69, 9.17) is 5.73 Å². The lowest BCUT2D eigenvalue weighted by molar-refractivity contribution is 0.102. The molecule has 0 aliphatic rings. The largest absolute Gasteiger partial charge is 0.395 e. The summed E-state index contributed by atoms with van der Waals surface area (Å²) in [5.41, 5.74) is 7.59.